The Bertz CT molecular complexity index is 317. The zero-order valence-corrected chi connectivity index (χ0v) is 9.84. The van der Waals surface area contributed by atoms with Crippen LogP contribution in [0.25, 0.3) is 0 Å². The molecule has 0 aromatic heterocycles. The molecule has 0 heterocycles. The van der Waals surface area contributed by atoms with Crippen molar-refractivity contribution in [2.45, 2.75) is 19.6 Å². The highest BCUT2D eigenvalue weighted by molar-refractivity contribution is 6.31. The third-order valence-electron chi connectivity index (χ3n) is 2.27. The third-order valence-corrected chi connectivity index (χ3v) is 2.62. The number of benzene rings is 1. The molecule has 4 heteroatoms. The van der Waals surface area contributed by atoms with Gasteiger partial charge in [-0.15, -0.1) is 0 Å². The van der Waals surface area contributed by atoms with E-state index in [1.807, 2.05) is 25.1 Å². The Hall–Kier alpha value is -0.770. The summed E-state index contributed by atoms with van der Waals surface area (Å²) in [6.07, 6.45) is 0.179. The van der Waals surface area contributed by atoms with E-state index in [0.29, 0.717) is 11.6 Å². The maximum absolute atomic E-state index is 6.03. The molecule has 0 aliphatic heterocycles. The van der Waals surface area contributed by atoms with E-state index in [1.165, 1.54) is 0 Å². The van der Waals surface area contributed by atoms with Gasteiger partial charge in [0.15, 0.2) is 0 Å². The fraction of sp³-hybridized carbons (Fsp3) is 0.455. The number of nitrogens with one attached hydrogen (secondary N) is 1. The maximum Gasteiger partial charge on any atom is 0.0715 e. The van der Waals surface area contributed by atoms with E-state index in [2.05, 4.69) is 5.32 Å². The summed E-state index contributed by atoms with van der Waals surface area (Å²) in [5.74, 6) is 0. The highest BCUT2D eigenvalue weighted by atomic mass is 35.5. The highest BCUT2D eigenvalue weighted by Gasteiger charge is 2.02. The van der Waals surface area contributed by atoms with Crippen LogP contribution in [0, 0.1) is 0 Å². The average Bonchev–Trinajstić information content (AvgIpc) is 2.26. The summed E-state index contributed by atoms with van der Waals surface area (Å²) in [4.78, 5) is 0. The van der Waals surface area contributed by atoms with Gasteiger partial charge in [0.05, 0.1) is 6.10 Å². The summed E-state index contributed by atoms with van der Waals surface area (Å²) in [6, 6.07) is 5.78. The van der Waals surface area contributed by atoms with Gasteiger partial charge in [-0.2, -0.15) is 0 Å². The highest BCUT2D eigenvalue weighted by Crippen LogP contribution is 2.20. The van der Waals surface area contributed by atoms with Gasteiger partial charge in [-0.1, -0.05) is 17.7 Å². The second kappa shape index (κ2) is 5.95. The van der Waals surface area contributed by atoms with Crippen molar-refractivity contribution in [3.8, 4) is 0 Å². The number of hydrogen-bond donors (Lipinski definition) is 2. The van der Waals surface area contributed by atoms with E-state index in [-0.39, 0.29) is 6.10 Å². The maximum atomic E-state index is 6.03. The lowest BCUT2D eigenvalue weighted by atomic mass is 10.2. The zero-order valence-electron chi connectivity index (χ0n) is 9.09. The molecule has 0 aliphatic rings. The summed E-state index contributed by atoms with van der Waals surface area (Å²) in [7, 11) is 1.69. The smallest absolute Gasteiger partial charge is 0.0715 e. The molecular formula is C11H17ClN2O. The van der Waals surface area contributed by atoms with Crippen molar-refractivity contribution < 1.29 is 4.74 Å². The normalized spacial score (nSPS) is 12.5. The van der Waals surface area contributed by atoms with Crippen LogP contribution in [0.15, 0.2) is 18.2 Å². The first-order valence-corrected chi connectivity index (χ1v) is 5.30. The van der Waals surface area contributed by atoms with Crippen LogP contribution < -0.4 is 11.1 Å². The van der Waals surface area contributed by atoms with E-state index in [4.69, 9.17) is 22.1 Å². The van der Waals surface area contributed by atoms with Crippen molar-refractivity contribution in [3.05, 3.63) is 28.8 Å². The van der Waals surface area contributed by atoms with Crippen molar-refractivity contribution in [2.24, 2.45) is 5.73 Å². The Kier molecular flexibility index (Phi) is 4.88. The molecule has 1 rings (SSSR count). The molecule has 0 fully saturated rings. The first-order valence-electron chi connectivity index (χ1n) is 4.92. The van der Waals surface area contributed by atoms with Gasteiger partial charge in [0.25, 0.3) is 0 Å². The molecule has 1 aromatic rings. The van der Waals surface area contributed by atoms with Gasteiger partial charge >= 0.3 is 0 Å². The molecule has 84 valence electrons. The fourth-order valence-electron chi connectivity index (χ4n) is 1.17. The van der Waals surface area contributed by atoms with E-state index < -0.39 is 0 Å². The topological polar surface area (TPSA) is 47.3 Å². The molecule has 3 N–H and O–H groups in total. The largest absolute Gasteiger partial charge is 0.382 e. The van der Waals surface area contributed by atoms with Crippen molar-refractivity contribution in [3.63, 3.8) is 0 Å². The van der Waals surface area contributed by atoms with Crippen LogP contribution in [-0.4, -0.2) is 19.8 Å². The lowest BCUT2D eigenvalue weighted by Crippen LogP contribution is -2.18. The lowest BCUT2D eigenvalue weighted by Gasteiger charge is -2.12. The Labute approximate surface area is 95.6 Å². The third kappa shape index (κ3) is 3.70. The summed E-state index contributed by atoms with van der Waals surface area (Å²) >= 11 is 6.03. The summed E-state index contributed by atoms with van der Waals surface area (Å²) in [5.41, 5.74) is 7.47. The average molecular weight is 229 g/mol. The minimum absolute atomic E-state index is 0.179. The summed E-state index contributed by atoms with van der Waals surface area (Å²) < 4.78 is 5.13. The molecule has 0 aliphatic carbocycles. The van der Waals surface area contributed by atoms with Crippen molar-refractivity contribution in [2.75, 3.05) is 19.0 Å². The molecule has 1 unspecified atom stereocenters. The predicted octanol–water partition coefficient (Wildman–Crippen LogP) is 2.25. The molecule has 1 atom stereocenters. The van der Waals surface area contributed by atoms with E-state index in [1.54, 1.807) is 7.11 Å². The molecule has 0 radical (unpaired) electrons. The standard InChI is InChI=1S/C11H17ClN2O/c1-8(15-2)7-14-10-4-3-9(6-13)11(12)5-10/h3-5,8,14H,6-7,13H2,1-2H3. The Morgan fingerprint density at radius 1 is 1.53 bits per heavy atom. The SMILES string of the molecule is COC(C)CNc1ccc(CN)c(Cl)c1. The van der Waals surface area contributed by atoms with Crippen LogP contribution in [0.1, 0.15) is 12.5 Å². The van der Waals surface area contributed by atoms with Crippen molar-refractivity contribution >= 4 is 17.3 Å². The molecule has 15 heavy (non-hydrogen) atoms. The van der Waals surface area contributed by atoms with Crippen LogP contribution in [0.4, 0.5) is 5.69 Å². The molecule has 1 aromatic carbocycles. The second-order valence-electron chi connectivity index (χ2n) is 3.44. The molecule has 0 amide bonds. The summed E-state index contributed by atoms with van der Waals surface area (Å²) in [5, 5.41) is 3.94. The van der Waals surface area contributed by atoms with Crippen molar-refractivity contribution in [1.82, 2.24) is 0 Å². The van der Waals surface area contributed by atoms with Crippen molar-refractivity contribution in [1.29, 1.82) is 0 Å². The Morgan fingerprint density at radius 3 is 2.80 bits per heavy atom. The number of anilines is 1. The quantitative estimate of drug-likeness (QED) is 0.813. The molecule has 3 nitrogen and oxygen atoms in total. The first kappa shape index (κ1) is 12.3. The van der Waals surface area contributed by atoms with Gasteiger partial charge in [0, 0.05) is 30.9 Å². The number of nitrogens with two attached hydrogens (primary N) is 1. The van der Waals surface area contributed by atoms with E-state index in [0.717, 1.165) is 17.8 Å². The van der Waals surface area contributed by atoms with Gasteiger partial charge in [0.2, 0.25) is 0 Å². The second-order valence-corrected chi connectivity index (χ2v) is 3.84. The molecule has 0 saturated carbocycles. The Morgan fingerprint density at radius 2 is 2.27 bits per heavy atom. The van der Waals surface area contributed by atoms with Crippen LogP contribution >= 0.6 is 11.6 Å². The number of hydrogen-bond acceptors (Lipinski definition) is 3. The van der Waals surface area contributed by atoms with Gasteiger partial charge in [-0.3, -0.25) is 0 Å². The number of halogens is 1. The first-order chi connectivity index (χ1) is 7.17. The monoisotopic (exact) mass is 228 g/mol. The zero-order chi connectivity index (χ0) is 11.3. The lowest BCUT2D eigenvalue weighted by molar-refractivity contribution is 0.129. The van der Waals surface area contributed by atoms with E-state index >= 15 is 0 Å². The van der Waals surface area contributed by atoms with Gasteiger partial charge in [-0.05, 0) is 24.6 Å². The molecule has 0 bridgehead atoms. The van der Waals surface area contributed by atoms with Crippen LogP contribution in [0.5, 0.6) is 0 Å². The van der Waals surface area contributed by atoms with Crippen LogP contribution in [0.3, 0.4) is 0 Å². The van der Waals surface area contributed by atoms with E-state index in [9.17, 15) is 0 Å². The Balaban J connectivity index is 2.59. The van der Waals surface area contributed by atoms with Gasteiger partial charge in [-0.25, -0.2) is 0 Å². The number of methoxy groups -OCH3 is 1. The minimum atomic E-state index is 0.179. The van der Waals surface area contributed by atoms with Crippen LogP contribution in [0.2, 0.25) is 5.02 Å². The molecule has 0 saturated heterocycles. The number of rotatable bonds is 5. The molecule has 0 spiro atoms. The summed E-state index contributed by atoms with van der Waals surface area (Å²) in [6.45, 7) is 3.23. The predicted molar refractivity (Wildman–Crippen MR) is 64.3 cm³/mol. The fourth-order valence-corrected chi connectivity index (χ4v) is 1.43. The molecular weight excluding hydrogens is 212 g/mol. The van der Waals surface area contributed by atoms with Gasteiger partial charge < -0.3 is 15.8 Å². The van der Waals surface area contributed by atoms with Gasteiger partial charge in [0.1, 0.15) is 0 Å². The van der Waals surface area contributed by atoms with Crippen LogP contribution in [-0.2, 0) is 11.3 Å². The minimum Gasteiger partial charge on any atom is -0.382 e. The number of ether oxygens (including phenoxy) is 1.